The van der Waals surface area contributed by atoms with Gasteiger partial charge in [0.05, 0.1) is 18.5 Å². The first-order valence-corrected chi connectivity index (χ1v) is 8.36. The van der Waals surface area contributed by atoms with Crippen molar-refractivity contribution in [3.05, 3.63) is 17.3 Å². The van der Waals surface area contributed by atoms with Crippen LogP contribution in [0.5, 0.6) is 0 Å². The average molecular weight is 308 g/mol. The van der Waals surface area contributed by atoms with Gasteiger partial charge in [0.1, 0.15) is 16.5 Å². The summed E-state index contributed by atoms with van der Waals surface area (Å²) < 4.78 is 5.38. The highest BCUT2D eigenvalue weighted by Crippen LogP contribution is 2.25. The second-order valence-electron chi connectivity index (χ2n) is 4.99. The predicted molar refractivity (Wildman–Crippen MR) is 89.0 cm³/mol. The van der Waals surface area contributed by atoms with Crippen LogP contribution in [0.1, 0.15) is 26.1 Å². The van der Waals surface area contributed by atoms with Gasteiger partial charge in [0.2, 0.25) is 0 Å². The van der Waals surface area contributed by atoms with Crippen molar-refractivity contribution in [1.29, 1.82) is 0 Å². The first-order valence-electron chi connectivity index (χ1n) is 7.48. The first kappa shape index (κ1) is 16.1. The summed E-state index contributed by atoms with van der Waals surface area (Å²) in [6, 6.07) is 2.08. The standard InChI is InChI=1S/C15H24N4OS/c1-4-7-16-14-12-6-10-21-15(12)18-13(17-14)11-19(3)8-9-20-5-2/h6,10H,4-5,7-9,11H2,1-3H3,(H,16,17,18). The van der Waals surface area contributed by atoms with Crippen molar-refractivity contribution < 1.29 is 4.74 Å². The maximum atomic E-state index is 5.38. The van der Waals surface area contributed by atoms with Crippen molar-refractivity contribution in [2.45, 2.75) is 26.8 Å². The maximum Gasteiger partial charge on any atom is 0.146 e. The molecule has 2 aromatic heterocycles. The second kappa shape index (κ2) is 8.26. The molecule has 2 aromatic rings. The highest BCUT2D eigenvalue weighted by Gasteiger charge is 2.10. The largest absolute Gasteiger partial charge is 0.380 e. The van der Waals surface area contributed by atoms with Crippen molar-refractivity contribution in [2.75, 3.05) is 38.7 Å². The Morgan fingerprint density at radius 3 is 2.95 bits per heavy atom. The Labute approximate surface area is 130 Å². The van der Waals surface area contributed by atoms with Gasteiger partial charge in [-0.05, 0) is 31.8 Å². The van der Waals surface area contributed by atoms with Crippen molar-refractivity contribution in [3.8, 4) is 0 Å². The van der Waals surface area contributed by atoms with E-state index in [9.17, 15) is 0 Å². The van der Waals surface area contributed by atoms with Gasteiger partial charge in [0.15, 0.2) is 0 Å². The van der Waals surface area contributed by atoms with E-state index in [1.807, 2.05) is 6.92 Å². The van der Waals surface area contributed by atoms with Crippen LogP contribution < -0.4 is 5.32 Å². The number of aromatic nitrogens is 2. The molecule has 0 radical (unpaired) electrons. The third kappa shape index (κ3) is 4.62. The van der Waals surface area contributed by atoms with Gasteiger partial charge < -0.3 is 10.1 Å². The van der Waals surface area contributed by atoms with Crippen LogP contribution in [0.2, 0.25) is 0 Å². The number of likely N-dealkylation sites (N-methyl/N-ethyl adjacent to an activating group) is 1. The molecule has 5 nitrogen and oxygen atoms in total. The van der Waals surface area contributed by atoms with Crippen LogP contribution in [0, 0.1) is 0 Å². The first-order chi connectivity index (χ1) is 10.2. The van der Waals surface area contributed by atoms with Crippen LogP contribution in [0.15, 0.2) is 11.4 Å². The van der Waals surface area contributed by atoms with E-state index in [4.69, 9.17) is 4.74 Å². The molecule has 0 saturated heterocycles. The molecule has 0 aromatic carbocycles. The normalized spacial score (nSPS) is 11.4. The Hall–Kier alpha value is -1.24. The average Bonchev–Trinajstić information content (AvgIpc) is 2.93. The number of rotatable bonds is 9. The molecule has 0 amide bonds. The van der Waals surface area contributed by atoms with Crippen LogP contribution in [0.3, 0.4) is 0 Å². The molecule has 0 spiro atoms. The highest BCUT2D eigenvalue weighted by atomic mass is 32.1. The molecular weight excluding hydrogens is 284 g/mol. The molecule has 0 aliphatic carbocycles. The minimum Gasteiger partial charge on any atom is -0.380 e. The Balaban J connectivity index is 2.08. The molecule has 6 heteroatoms. The van der Waals surface area contributed by atoms with Gasteiger partial charge in [-0.15, -0.1) is 11.3 Å². The summed E-state index contributed by atoms with van der Waals surface area (Å²) in [5.74, 6) is 1.82. The third-order valence-electron chi connectivity index (χ3n) is 3.15. The van der Waals surface area contributed by atoms with Crippen molar-refractivity contribution >= 4 is 27.4 Å². The van der Waals surface area contributed by atoms with Crippen molar-refractivity contribution in [1.82, 2.24) is 14.9 Å². The van der Waals surface area contributed by atoms with Gasteiger partial charge >= 0.3 is 0 Å². The number of ether oxygens (including phenoxy) is 1. The molecule has 21 heavy (non-hydrogen) atoms. The fraction of sp³-hybridized carbons (Fsp3) is 0.600. The number of fused-ring (bicyclic) bond motifs is 1. The molecule has 0 atom stereocenters. The summed E-state index contributed by atoms with van der Waals surface area (Å²) >= 11 is 1.66. The molecule has 0 aliphatic heterocycles. The van der Waals surface area contributed by atoms with Gasteiger partial charge in [-0.25, -0.2) is 9.97 Å². The zero-order valence-corrected chi connectivity index (χ0v) is 13.9. The molecule has 2 rings (SSSR count). The van der Waals surface area contributed by atoms with Crippen LogP contribution in [0.4, 0.5) is 5.82 Å². The molecule has 0 saturated carbocycles. The zero-order valence-electron chi connectivity index (χ0n) is 13.1. The van der Waals surface area contributed by atoms with Crippen LogP contribution in [-0.2, 0) is 11.3 Å². The lowest BCUT2D eigenvalue weighted by Gasteiger charge is -2.16. The van der Waals surface area contributed by atoms with E-state index in [0.29, 0.717) is 0 Å². The minimum absolute atomic E-state index is 0.738. The topological polar surface area (TPSA) is 50.3 Å². The predicted octanol–water partition coefficient (Wildman–Crippen LogP) is 2.98. The quantitative estimate of drug-likeness (QED) is 0.722. The second-order valence-corrected chi connectivity index (χ2v) is 5.88. The molecule has 0 aliphatic rings. The van der Waals surface area contributed by atoms with E-state index in [1.54, 1.807) is 11.3 Å². The van der Waals surface area contributed by atoms with E-state index in [1.165, 1.54) is 0 Å². The maximum absolute atomic E-state index is 5.38. The Morgan fingerprint density at radius 1 is 1.33 bits per heavy atom. The monoisotopic (exact) mass is 308 g/mol. The molecular formula is C15H24N4OS. The van der Waals surface area contributed by atoms with E-state index >= 15 is 0 Å². The minimum atomic E-state index is 0.738. The summed E-state index contributed by atoms with van der Waals surface area (Å²) in [6.45, 7) is 8.23. The third-order valence-corrected chi connectivity index (χ3v) is 3.95. The Bertz CT molecular complexity index is 558. The van der Waals surface area contributed by atoms with Gasteiger partial charge in [-0.3, -0.25) is 4.90 Å². The lowest BCUT2D eigenvalue weighted by atomic mass is 10.3. The van der Waals surface area contributed by atoms with E-state index in [0.717, 1.165) is 61.1 Å². The summed E-state index contributed by atoms with van der Waals surface area (Å²) in [5.41, 5.74) is 0. The van der Waals surface area contributed by atoms with Crippen LogP contribution >= 0.6 is 11.3 Å². The number of nitrogens with zero attached hydrogens (tertiary/aromatic N) is 3. The van der Waals surface area contributed by atoms with E-state index in [-0.39, 0.29) is 0 Å². The summed E-state index contributed by atoms with van der Waals surface area (Å²) in [5, 5.41) is 6.59. The molecule has 0 fully saturated rings. The fourth-order valence-corrected chi connectivity index (χ4v) is 2.82. The lowest BCUT2D eigenvalue weighted by molar-refractivity contribution is 0.119. The number of hydrogen-bond acceptors (Lipinski definition) is 6. The van der Waals surface area contributed by atoms with Crippen molar-refractivity contribution in [2.24, 2.45) is 0 Å². The van der Waals surface area contributed by atoms with Gasteiger partial charge in [-0.2, -0.15) is 0 Å². The van der Waals surface area contributed by atoms with Gasteiger partial charge in [0, 0.05) is 19.7 Å². The Morgan fingerprint density at radius 2 is 2.19 bits per heavy atom. The fourth-order valence-electron chi connectivity index (χ4n) is 2.03. The van der Waals surface area contributed by atoms with E-state index in [2.05, 4.69) is 45.6 Å². The molecule has 116 valence electrons. The smallest absolute Gasteiger partial charge is 0.146 e. The highest BCUT2D eigenvalue weighted by molar-refractivity contribution is 7.16. The summed E-state index contributed by atoms with van der Waals surface area (Å²) in [4.78, 5) is 12.6. The van der Waals surface area contributed by atoms with Crippen molar-refractivity contribution in [3.63, 3.8) is 0 Å². The van der Waals surface area contributed by atoms with Gasteiger partial charge in [0.25, 0.3) is 0 Å². The summed E-state index contributed by atoms with van der Waals surface area (Å²) in [7, 11) is 2.07. The lowest BCUT2D eigenvalue weighted by Crippen LogP contribution is -2.24. The Kier molecular flexibility index (Phi) is 6.35. The summed E-state index contributed by atoms with van der Waals surface area (Å²) in [6.07, 6.45) is 1.08. The molecule has 0 bridgehead atoms. The van der Waals surface area contributed by atoms with E-state index < -0.39 is 0 Å². The number of nitrogens with one attached hydrogen (secondary N) is 1. The number of thiophene rings is 1. The van der Waals surface area contributed by atoms with Crippen LogP contribution in [0.25, 0.3) is 10.2 Å². The SMILES string of the molecule is CCCNc1nc(CN(C)CCOCC)nc2sccc12. The van der Waals surface area contributed by atoms with Gasteiger partial charge in [-0.1, -0.05) is 6.92 Å². The molecule has 2 heterocycles. The molecule has 0 unspecified atom stereocenters. The number of hydrogen-bond donors (Lipinski definition) is 1. The molecule has 1 N–H and O–H groups in total. The van der Waals surface area contributed by atoms with Crippen LogP contribution in [-0.4, -0.2) is 48.2 Å². The number of anilines is 1. The zero-order chi connectivity index (χ0) is 15.1.